The third-order valence-corrected chi connectivity index (χ3v) is 2.41. The van der Waals surface area contributed by atoms with Crippen molar-refractivity contribution in [3.05, 3.63) is 41.5 Å². The lowest BCUT2D eigenvalue weighted by Crippen LogP contribution is -2.37. The number of nitrogens with two attached hydrogens (primary N) is 1. The van der Waals surface area contributed by atoms with Crippen molar-refractivity contribution in [2.45, 2.75) is 6.92 Å². The fraction of sp³-hybridized carbons (Fsp3) is 0.0909. The molecule has 0 spiro atoms. The molecule has 0 unspecified atom stereocenters. The Bertz CT molecular complexity index is 463. The van der Waals surface area contributed by atoms with Crippen LogP contribution in [0, 0.1) is 0 Å². The van der Waals surface area contributed by atoms with Crippen molar-refractivity contribution in [1.29, 1.82) is 0 Å². The summed E-state index contributed by atoms with van der Waals surface area (Å²) in [6.07, 6.45) is 0. The summed E-state index contributed by atoms with van der Waals surface area (Å²) in [5.74, 6) is 4.46. The standard InChI is InChI=1S/C11H10N2O2/c1-7-9(8-5-3-2-4-6-8)11(15)13(12)10(7)14/h2-6H,12H2,1H3. The molecule has 1 aromatic rings. The minimum Gasteiger partial charge on any atom is -0.267 e. The van der Waals surface area contributed by atoms with Crippen LogP contribution in [0.15, 0.2) is 35.9 Å². The Labute approximate surface area is 87.0 Å². The van der Waals surface area contributed by atoms with Crippen molar-refractivity contribution in [2.75, 3.05) is 0 Å². The quantitative estimate of drug-likeness (QED) is 0.414. The van der Waals surface area contributed by atoms with Crippen LogP contribution in [-0.2, 0) is 9.59 Å². The Morgan fingerprint density at radius 3 is 2.13 bits per heavy atom. The summed E-state index contributed by atoms with van der Waals surface area (Å²) in [6, 6.07) is 9.03. The van der Waals surface area contributed by atoms with Crippen LogP contribution < -0.4 is 5.84 Å². The van der Waals surface area contributed by atoms with Crippen molar-refractivity contribution < 1.29 is 9.59 Å². The molecular formula is C11H10N2O2. The number of nitrogens with zero attached hydrogens (tertiary/aromatic N) is 1. The van der Waals surface area contributed by atoms with Gasteiger partial charge in [0.2, 0.25) is 0 Å². The fourth-order valence-electron chi connectivity index (χ4n) is 1.61. The first-order chi connectivity index (χ1) is 7.13. The summed E-state index contributed by atoms with van der Waals surface area (Å²) in [7, 11) is 0. The summed E-state index contributed by atoms with van der Waals surface area (Å²) in [5.41, 5.74) is 1.51. The van der Waals surface area contributed by atoms with Crippen molar-refractivity contribution >= 4 is 17.4 Å². The third-order valence-electron chi connectivity index (χ3n) is 2.41. The average Bonchev–Trinajstić information content (AvgIpc) is 2.45. The second-order valence-electron chi connectivity index (χ2n) is 3.35. The van der Waals surface area contributed by atoms with E-state index < -0.39 is 11.8 Å². The van der Waals surface area contributed by atoms with Crippen LogP contribution in [0.3, 0.4) is 0 Å². The van der Waals surface area contributed by atoms with Crippen LogP contribution in [0.1, 0.15) is 12.5 Å². The van der Waals surface area contributed by atoms with Gasteiger partial charge in [0, 0.05) is 5.57 Å². The first-order valence-corrected chi connectivity index (χ1v) is 4.52. The van der Waals surface area contributed by atoms with Crippen LogP contribution in [0.5, 0.6) is 0 Å². The molecule has 4 heteroatoms. The lowest BCUT2D eigenvalue weighted by molar-refractivity contribution is -0.137. The van der Waals surface area contributed by atoms with Crippen molar-refractivity contribution in [1.82, 2.24) is 5.01 Å². The summed E-state index contributed by atoms with van der Waals surface area (Å²) in [4.78, 5) is 23.1. The van der Waals surface area contributed by atoms with Gasteiger partial charge in [0.1, 0.15) is 0 Å². The zero-order valence-electron chi connectivity index (χ0n) is 8.23. The van der Waals surface area contributed by atoms with Gasteiger partial charge in [-0.05, 0) is 12.5 Å². The molecule has 4 nitrogen and oxygen atoms in total. The summed E-state index contributed by atoms with van der Waals surface area (Å²) < 4.78 is 0. The van der Waals surface area contributed by atoms with Gasteiger partial charge in [0.15, 0.2) is 0 Å². The van der Waals surface area contributed by atoms with Crippen molar-refractivity contribution in [2.24, 2.45) is 5.84 Å². The molecule has 0 saturated carbocycles. The summed E-state index contributed by atoms with van der Waals surface area (Å²) in [5, 5.41) is 0.650. The maximum atomic E-state index is 11.6. The molecule has 1 aliphatic heterocycles. The highest BCUT2D eigenvalue weighted by Crippen LogP contribution is 2.26. The molecule has 1 heterocycles. The number of hydrogen-bond donors (Lipinski definition) is 1. The zero-order valence-corrected chi connectivity index (χ0v) is 8.23. The van der Waals surface area contributed by atoms with Gasteiger partial charge >= 0.3 is 0 Å². The second kappa shape index (κ2) is 3.33. The smallest absolute Gasteiger partial charge is 0.267 e. The fourth-order valence-corrected chi connectivity index (χ4v) is 1.61. The maximum absolute atomic E-state index is 11.6. The number of hydrogen-bond acceptors (Lipinski definition) is 3. The summed E-state index contributed by atoms with van der Waals surface area (Å²) in [6.45, 7) is 1.61. The topological polar surface area (TPSA) is 63.4 Å². The normalized spacial score (nSPS) is 16.5. The third kappa shape index (κ3) is 1.35. The minimum absolute atomic E-state index is 0.392. The molecule has 0 radical (unpaired) electrons. The molecule has 2 amide bonds. The molecule has 1 aromatic carbocycles. The lowest BCUT2D eigenvalue weighted by atomic mass is 10.0. The van der Waals surface area contributed by atoms with E-state index in [-0.39, 0.29) is 0 Å². The molecule has 2 rings (SSSR count). The molecule has 76 valence electrons. The Morgan fingerprint density at radius 1 is 1.07 bits per heavy atom. The number of rotatable bonds is 1. The number of carbonyl (C=O) groups excluding carboxylic acids is 2. The Balaban J connectivity index is 2.55. The van der Waals surface area contributed by atoms with E-state index in [4.69, 9.17) is 5.84 Å². The molecule has 15 heavy (non-hydrogen) atoms. The predicted molar refractivity (Wildman–Crippen MR) is 55.1 cm³/mol. The van der Waals surface area contributed by atoms with Crippen molar-refractivity contribution in [3.8, 4) is 0 Å². The molecule has 1 aliphatic rings. The zero-order chi connectivity index (χ0) is 11.0. The van der Waals surface area contributed by atoms with Crippen LogP contribution in [-0.4, -0.2) is 16.8 Å². The van der Waals surface area contributed by atoms with Gasteiger partial charge in [0.25, 0.3) is 11.8 Å². The second-order valence-corrected chi connectivity index (χ2v) is 3.35. The lowest BCUT2D eigenvalue weighted by Gasteiger charge is -2.05. The van der Waals surface area contributed by atoms with Gasteiger partial charge in [-0.15, -0.1) is 0 Å². The van der Waals surface area contributed by atoms with E-state index in [1.54, 1.807) is 19.1 Å². The van der Waals surface area contributed by atoms with Gasteiger partial charge in [-0.3, -0.25) is 9.59 Å². The molecular weight excluding hydrogens is 192 g/mol. The Morgan fingerprint density at radius 2 is 1.67 bits per heavy atom. The average molecular weight is 202 g/mol. The summed E-state index contributed by atoms with van der Waals surface area (Å²) >= 11 is 0. The van der Waals surface area contributed by atoms with Crippen molar-refractivity contribution in [3.63, 3.8) is 0 Å². The highest BCUT2D eigenvalue weighted by atomic mass is 16.2. The highest BCUT2D eigenvalue weighted by molar-refractivity contribution is 6.35. The first-order valence-electron chi connectivity index (χ1n) is 4.52. The number of benzene rings is 1. The highest BCUT2D eigenvalue weighted by Gasteiger charge is 2.34. The van der Waals surface area contributed by atoms with E-state index in [0.29, 0.717) is 16.2 Å². The van der Waals surface area contributed by atoms with Gasteiger partial charge in [-0.25, -0.2) is 10.9 Å². The number of amides is 2. The van der Waals surface area contributed by atoms with Crippen LogP contribution >= 0.6 is 0 Å². The molecule has 0 aromatic heterocycles. The molecule has 2 N–H and O–H groups in total. The van der Waals surface area contributed by atoms with Gasteiger partial charge in [-0.2, -0.15) is 0 Å². The number of imide groups is 1. The predicted octanol–water partition coefficient (Wildman–Crippen LogP) is 0.703. The Hall–Kier alpha value is -1.94. The van der Waals surface area contributed by atoms with Crippen LogP contribution in [0.25, 0.3) is 5.57 Å². The van der Waals surface area contributed by atoms with Crippen LogP contribution in [0.2, 0.25) is 0 Å². The SMILES string of the molecule is CC1=C(c2ccccc2)C(=O)N(N)C1=O. The van der Waals surface area contributed by atoms with Crippen LogP contribution in [0.4, 0.5) is 0 Å². The minimum atomic E-state index is -0.441. The van der Waals surface area contributed by atoms with E-state index in [2.05, 4.69) is 0 Å². The van der Waals surface area contributed by atoms with Gasteiger partial charge in [0.05, 0.1) is 5.57 Å². The van der Waals surface area contributed by atoms with Gasteiger partial charge in [-0.1, -0.05) is 30.3 Å². The largest absolute Gasteiger partial charge is 0.276 e. The monoisotopic (exact) mass is 202 g/mol. The van der Waals surface area contributed by atoms with Gasteiger partial charge < -0.3 is 0 Å². The van der Waals surface area contributed by atoms with E-state index in [9.17, 15) is 9.59 Å². The maximum Gasteiger partial charge on any atom is 0.276 e. The van der Waals surface area contributed by atoms with E-state index in [1.165, 1.54) is 0 Å². The molecule has 0 saturated heterocycles. The van der Waals surface area contributed by atoms with E-state index in [1.807, 2.05) is 18.2 Å². The van der Waals surface area contributed by atoms with E-state index >= 15 is 0 Å². The molecule has 0 fully saturated rings. The molecule has 0 atom stereocenters. The molecule has 0 bridgehead atoms. The number of carbonyl (C=O) groups is 2. The number of hydrazine groups is 1. The Kier molecular flexibility index (Phi) is 2.13. The molecule has 0 aliphatic carbocycles. The first kappa shape index (κ1) is 9.61. The van der Waals surface area contributed by atoms with E-state index in [0.717, 1.165) is 5.56 Å².